The van der Waals surface area contributed by atoms with Crippen molar-refractivity contribution < 1.29 is 66.6 Å². The molecule has 0 aromatic heterocycles. The van der Waals surface area contributed by atoms with Crippen molar-refractivity contribution in [3.63, 3.8) is 0 Å². The normalized spacial score (nSPS) is 13.8. The number of benzene rings is 3. The number of carbonyl (C=O) groups is 3. The monoisotopic (exact) mass is 769 g/mol. The minimum absolute atomic E-state index is 0.00687. The molecular formula is C29H29Cl2F3N3O12P. The zero-order valence-corrected chi connectivity index (χ0v) is 28.3. The molecule has 1 aliphatic rings. The molecule has 3 aromatic rings. The summed E-state index contributed by atoms with van der Waals surface area (Å²) < 4.78 is 52.9. The fraction of sp³-hybridized carbons (Fsp3) is 0.276. The summed E-state index contributed by atoms with van der Waals surface area (Å²) in [7, 11) is -4.10. The van der Waals surface area contributed by atoms with Gasteiger partial charge in [0.1, 0.15) is 17.1 Å². The summed E-state index contributed by atoms with van der Waals surface area (Å²) in [5.41, 5.74) is -1.78. The number of nitro benzene ring substituents is 1. The highest BCUT2D eigenvalue weighted by molar-refractivity contribution is 7.51. The summed E-state index contributed by atoms with van der Waals surface area (Å²) >= 11 is 11.7. The lowest BCUT2D eigenvalue weighted by Gasteiger charge is -2.16. The lowest BCUT2D eigenvalue weighted by Crippen LogP contribution is -2.30. The van der Waals surface area contributed by atoms with E-state index in [1.54, 1.807) is 0 Å². The van der Waals surface area contributed by atoms with Gasteiger partial charge in [0.05, 0.1) is 46.9 Å². The molecule has 0 atom stereocenters. The summed E-state index contributed by atoms with van der Waals surface area (Å²) in [6.45, 7) is 4.15. The zero-order chi connectivity index (χ0) is 38.0. The van der Waals surface area contributed by atoms with Crippen molar-refractivity contribution in [2.75, 3.05) is 19.4 Å². The van der Waals surface area contributed by atoms with Crippen LogP contribution in [0, 0.1) is 15.5 Å². The van der Waals surface area contributed by atoms with E-state index in [-0.39, 0.29) is 22.4 Å². The number of nitrogens with zero attached hydrogens (tertiary/aromatic N) is 2. The van der Waals surface area contributed by atoms with Gasteiger partial charge in [0.25, 0.3) is 11.6 Å². The van der Waals surface area contributed by atoms with E-state index >= 15 is 0 Å². The number of alkyl halides is 3. The average Bonchev–Trinajstić information content (AvgIpc) is 3.25. The van der Waals surface area contributed by atoms with Crippen molar-refractivity contribution >= 4 is 54.3 Å². The predicted molar refractivity (Wildman–Crippen MR) is 171 cm³/mol. The van der Waals surface area contributed by atoms with Crippen molar-refractivity contribution in [2.24, 2.45) is 5.41 Å². The van der Waals surface area contributed by atoms with E-state index in [2.05, 4.69) is 5.32 Å². The summed E-state index contributed by atoms with van der Waals surface area (Å²) in [6, 6.07) is 12.7. The summed E-state index contributed by atoms with van der Waals surface area (Å²) in [5.74, 6) is -2.97. The number of rotatable bonds is 10. The Kier molecular flexibility index (Phi) is 14.7. The van der Waals surface area contributed by atoms with Crippen LogP contribution >= 0.6 is 30.8 Å². The van der Waals surface area contributed by atoms with Crippen molar-refractivity contribution in [2.45, 2.75) is 26.6 Å². The van der Waals surface area contributed by atoms with Crippen molar-refractivity contribution in [1.82, 2.24) is 10.4 Å². The van der Waals surface area contributed by atoms with Gasteiger partial charge in [0.15, 0.2) is 0 Å². The fourth-order valence-corrected chi connectivity index (χ4v) is 4.52. The lowest BCUT2D eigenvalue weighted by molar-refractivity contribution is -0.385. The Morgan fingerprint density at radius 1 is 1.08 bits per heavy atom. The van der Waals surface area contributed by atoms with Crippen LogP contribution in [-0.4, -0.2) is 67.3 Å². The standard InChI is InChI=1S/C14H7ClF3NO5.C12H14ClNO2.C3H8NO5P/c15-10-5-7(14(16,17)18)1-4-12(10)24-8-2-3-11(19(22)23)9(6-8)13(20)21;1-12(2)8-16-14(11(12)15)7-9-5-3-4-6-10(9)13;5-3(6)1-4-2-10(7,8)9/h1-6H,(H,20,21);3-6H,7-8H2,1-2H3;4H,1-2H2,(H,5,6)(H2,7,8,9). The Morgan fingerprint density at radius 3 is 2.20 bits per heavy atom. The van der Waals surface area contributed by atoms with Gasteiger partial charge >= 0.3 is 25.7 Å². The maximum absolute atomic E-state index is 12.6. The first-order valence-corrected chi connectivity index (χ1v) is 16.3. The first-order valence-electron chi connectivity index (χ1n) is 13.7. The van der Waals surface area contributed by atoms with E-state index in [4.69, 9.17) is 52.8 Å². The minimum Gasteiger partial charge on any atom is -0.480 e. The van der Waals surface area contributed by atoms with Gasteiger partial charge in [-0.3, -0.25) is 34.4 Å². The van der Waals surface area contributed by atoms with Gasteiger partial charge in [-0.05, 0) is 49.7 Å². The van der Waals surface area contributed by atoms with Crippen LogP contribution in [-0.2, 0) is 31.7 Å². The first kappa shape index (κ1) is 41.9. The van der Waals surface area contributed by atoms with Crippen LogP contribution in [0.2, 0.25) is 10.0 Å². The molecule has 0 radical (unpaired) electrons. The second-order valence-corrected chi connectivity index (χ2v) is 13.2. The molecule has 1 fully saturated rings. The maximum atomic E-state index is 12.6. The molecule has 1 amide bonds. The van der Waals surface area contributed by atoms with Crippen LogP contribution < -0.4 is 10.1 Å². The van der Waals surface area contributed by atoms with Gasteiger partial charge in [-0.2, -0.15) is 13.2 Å². The van der Waals surface area contributed by atoms with E-state index in [1.807, 2.05) is 38.1 Å². The molecule has 272 valence electrons. The van der Waals surface area contributed by atoms with E-state index in [0.717, 1.165) is 35.9 Å². The number of aliphatic carboxylic acids is 1. The molecule has 15 nitrogen and oxygen atoms in total. The number of carbonyl (C=O) groups excluding carboxylic acids is 1. The van der Waals surface area contributed by atoms with Crippen LogP contribution in [0.3, 0.4) is 0 Å². The van der Waals surface area contributed by atoms with Crippen LogP contribution in [0.25, 0.3) is 0 Å². The molecule has 0 unspecified atom stereocenters. The quantitative estimate of drug-likeness (QED) is 0.0881. The first-order chi connectivity index (χ1) is 23.0. The molecule has 1 saturated heterocycles. The molecule has 5 N–H and O–H groups in total. The fourth-order valence-electron chi connectivity index (χ4n) is 3.70. The van der Waals surface area contributed by atoms with Gasteiger partial charge in [-0.1, -0.05) is 41.4 Å². The largest absolute Gasteiger partial charge is 0.480 e. The Hall–Kier alpha value is -4.29. The maximum Gasteiger partial charge on any atom is 0.416 e. The highest BCUT2D eigenvalue weighted by Gasteiger charge is 2.40. The number of carboxylic acid groups (broad SMARTS) is 2. The SMILES string of the molecule is CC1(C)CON(Cc2ccccc2Cl)C1=O.O=C(O)CNCP(=O)(O)O.O=C(O)c1cc(Oc2ccc(C(F)(F)F)cc2Cl)ccc1[N+](=O)[O-]. The predicted octanol–water partition coefficient (Wildman–Crippen LogP) is 6.19. The molecule has 1 heterocycles. The summed E-state index contributed by atoms with van der Waals surface area (Å²) in [6.07, 6.45) is -5.18. The van der Waals surface area contributed by atoms with E-state index in [0.29, 0.717) is 24.2 Å². The van der Waals surface area contributed by atoms with Gasteiger partial charge in [0.2, 0.25) is 0 Å². The lowest BCUT2D eigenvalue weighted by atomic mass is 9.95. The van der Waals surface area contributed by atoms with E-state index in [1.165, 1.54) is 5.06 Å². The Morgan fingerprint density at radius 2 is 1.72 bits per heavy atom. The smallest absolute Gasteiger partial charge is 0.416 e. The molecule has 0 aliphatic carbocycles. The Bertz CT molecular complexity index is 1770. The van der Waals surface area contributed by atoms with Crippen LogP contribution in [0.5, 0.6) is 11.5 Å². The number of hydrogen-bond acceptors (Lipinski definition) is 9. The molecule has 4 rings (SSSR count). The van der Waals surface area contributed by atoms with Crippen molar-refractivity contribution in [3.05, 3.63) is 97.5 Å². The summed E-state index contributed by atoms with van der Waals surface area (Å²) in [5, 5.41) is 31.5. The molecule has 50 heavy (non-hydrogen) atoms. The number of halogens is 5. The third kappa shape index (κ3) is 13.2. The van der Waals surface area contributed by atoms with E-state index < -0.39 is 65.7 Å². The van der Waals surface area contributed by atoms with Crippen LogP contribution in [0.1, 0.15) is 35.3 Å². The number of carboxylic acids is 2. The minimum atomic E-state index is -4.58. The van der Waals surface area contributed by atoms with Gasteiger partial charge < -0.3 is 24.7 Å². The molecule has 0 spiro atoms. The second kappa shape index (κ2) is 17.6. The molecule has 3 aromatic carbocycles. The van der Waals surface area contributed by atoms with E-state index in [9.17, 15) is 42.2 Å². The third-order valence-corrected chi connectivity index (χ3v) is 7.43. The second-order valence-electron chi connectivity index (χ2n) is 10.7. The molecule has 0 bridgehead atoms. The average molecular weight is 770 g/mol. The van der Waals surface area contributed by atoms with Gasteiger partial charge in [0, 0.05) is 17.2 Å². The molecule has 21 heteroatoms. The topological polar surface area (TPSA) is 226 Å². The number of ether oxygens (including phenoxy) is 1. The summed E-state index contributed by atoms with van der Waals surface area (Å²) in [4.78, 5) is 64.3. The van der Waals surface area contributed by atoms with Gasteiger partial charge in [-0.15, -0.1) is 0 Å². The number of hydrogen-bond donors (Lipinski definition) is 5. The van der Waals surface area contributed by atoms with Crippen LogP contribution in [0.15, 0.2) is 60.7 Å². The van der Waals surface area contributed by atoms with Crippen molar-refractivity contribution in [1.29, 1.82) is 0 Å². The number of aromatic carboxylic acids is 1. The van der Waals surface area contributed by atoms with Crippen molar-refractivity contribution in [3.8, 4) is 11.5 Å². The number of hydroxylamine groups is 2. The molecular weight excluding hydrogens is 741 g/mol. The van der Waals surface area contributed by atoms with Crippen LogP contribution in [0.4, 0.5) is 18.9 Å². The number of amides is 1. The zero-order valence-electron chi connectivity index (χ0n) is 25.9. The highest BCUT2D eigenvalue weighted by Crippen LogP contribution is 2.37. The number of nitro groups is 1. The molecule has 1 aliphatic heterocycles. The third-order valence-electron chi connectivity index (χ3n) is 6.13. The Labute approximate surface area is 291 Å². The highest BCUT2D eigenvalue weighted by atomic mass is 35.5. The molecule has 0 saturated carbocycles. The van der Waals surface area contributed by atoms with Gasteiger partial charge in [-0.25, -0.2) is 9.86 Å². The number of nitrogens with one attached hydrogen (secondary N) is 1. The Balaban J connectivity index is 0.000000287.